The minimum absolute atomic E-state index is 0.0943. The largest absolute Gasteiger partial charge is 0.334 e. The van der Waals surface area contributed by atoms with Crippen LogP contribution in [0.3, 0.4) is 0 Å². The first-order valence-electron chi connectivity index (χ1n) is 6.88. The number of carbonyl (C=O) groups is 1. The second-order valence-electron chi connectivity index (χ2n) is 5.26. The monoisotopic (exact) mass is 284 g/mol. The molecule has 0 saturated carbocycles. The van der Waals surface area contributed by atoms with Crippen LogP contribution in [0.25, 0.3) is 0 Å². The van der Waals surface area contributed by atoms with Gasteiger partial charge >= 0.3 is 0 Å². The first kappa shape index (κ1) is 13.5. The maximum Gasteiger partial charge on any atom is 0.264 e. The Morgan fingerprint density at radius 3 is 2.90 bits per heavy atom. The lowest BCUT2D eigenvalue weighted by Gasteiger charge is -2.14. The third-order valence-corrected chi connectivity index (χ3v) is 3.63. The van der Waals surface area contributed by atoms with Gasteiger partial charge in [0.1, 0.15) is 0 Å². The van der Waals surface area contributed by atoms with Crippen LogP contribution in [0, 0.1) is 6.92 Å². The molecule has 3 rings (SSSR count). The van der Waals surface area contributed by atoms with Gasteiger partial charge in [0.2, 0.25) is 5.91 Å². The van der Waals surface area contributed by atoms with Crippen molar-refractivity contribution in [3.63, 3.8) is 0 Å². The Bertz CT molecular complexity index is 718. The van der Waals surface area contributed by atoms with Gasteiger partial charge in [-0.1, -0.05) is 0 Å². The van der Waals surface area contributed by atoms with Gasteiger partial charge < -0.3 is 4.90 Å². The van der Waals surface area contributed by atoms with E-state index in [1.807, 2.05) is 24.1 Å². The predicted molar refractivity (Wildman–Crippen MR) is 76.4 cm³/mol. The van der Waals surface area contributed by atoms with Crippen molar-refractivity contribution in [3.05, 3.63) is 57.3 Å². The number of carbonyl (C=O) groups excluding carboxylic acids is 1. The van der Waals surface area contributed by atoms with E-state index in [0.29, 0.717) is 25.9 Å². The molecule has 1 amide bonds. The number of fused-ring (bicyclic) bond motifs is 1. The van der Waals surface area contributed by atoms with Crippen LogP contribution in [0.2, 0.25) is 0 Å². The van der Waals surface area contributed by atoms with Crippen LogP contribution in [0.4, 0.5) is 0 Å². The predicted octanol–water partition coefficient (Wildman–Crippen LogP) is 0.948. The van der Waals surface area contributed by atoms with E-state index in [9.17, 15) is 9.59 Å². The van der Waals surface area contributed by atoms with Crippen molar-refractivity contribution < 1.29 is 4.79 Å². The summed E-state index contributed by atoms with van der Waals surface area (Å²) in [4.78, 5) is 29.3. The summed E-state index contributed by atoms with van der Waals surface area (Å²) in [5.41, 5.74) is 3.76. The molecule has 6 heteroatoms. The number of nitrogens with one attached hydrogen (secondary N) is 1. The SMILES string of the molecule is Cc1cc2c(cn1)CN(C(=O)CCc1ccc(=O)[nH]n1)C2. The van der Waals surface area contributed by atoms with E-state index in [0.717, 1.165) is 17.0 Å². The Morgan fingerprint density at radius 1 is 1.33 bits per heavy atom. The fourth-order valence-electron chi connectivity index (χ4n) is 2.48. The summed E-state index contributed by atoms with van der Waals surface area (Å²) in [6.45, 7) is 3.23. The average Bonchev–Trinajstić information content (AvgIpc) is 2.89. The zero-order chi connectivity index (χ0) is 14.8. The lowest BCUT2D eigenvalue weighted by atomic mass is 10.2. The number of H-pyrrole nitrogens is 1. The van der Waals surface area contributed by atoms with Crippen LogP contribution >= 0.6 is 0 Å². The maximum atomic E-state index is 12.2. The molecule has 1 aliphatic rings. The minimum atomic E-state index is -0.233. The summed E-state index contributed by atoms with van der Waals surface area (Å²) in [5, 5.41) is 6.28. The fourth-order valence-corrected chi connectivity index (χ4v) is 2.48. The van der Waals surface area contributed by atoms with E-state index in [2.05, 4.69) is 15.2 Å². The smallest absolute Gasteiger partial charge is 0.264 e. The number of aromatic nitrogens is 3. The standard InChI is InChI=1S/C15H16N4O2/c1-10-6-11-8-19(9-12(11)7-16-10)15(21)5-3-13-2-4-14(20)18-17-13/h2,4,6-7H,3,5,8-9H2,1H3,(H,18,20). The van der Waals surface area contributed by atoms with E-state index in [1.54, 1.807) is 6.07 Å². The lowest BCUT2D eigenvalue weighted by Crippen LogP contribution is -2.25. The number of aromatic amines is 1. The van der Waals surface area contributed by atoms with Crippen LogP contribution in [0.5, 0.6) is 0 Å². The molecule has 1 aliphatic heterocycles. The van der Waals surface area contributed by atoms with Gasteiger partial charge in [-0.3, -0.25) is 14.6 Å². The summed E-state index contributed by atoms with van der Waals surface area (Å²) in [5.74, 6) is 0.0943. The van der Waals surface area contributed by atoms with Crippen molar-refractivity contribution >= 4 is 5.91 Å². The van der Waals surface area contributed by atoms with Crippen molar-refractivity contribution in [3.8, 4) is 0 Å². The van der Waals surface area contributed by atoms with Crippen molar-refractivity contribution in [2.24, 2.45) is 0 Å². The zero-order valence-corrected chi connectivity index (χ0v) is 11.8. The molecule has 108 valence electrons. The van der Waals surface area contributed by atoms with Crippen molar-refractivity contribution in [2.45, 2.75) is 32.9 Å². The number of nitrogens with zero attached hydrogens (tertiary/aromatic N) is 3. The van der Waals surface area contributed by atoms with E-state index in [1.165, 1.54) is 11.6 Å². The van der Waals surface area contributed by atoms with Gasteiger partial charge in [0.15, 0.2) is 0 Å². The van der Waals surface area contributed by atoms with Gasteiger partial charge in [0, 0.05) is 43.9 Å². The summed E-state index contributed by atoms with van der Waals surface area (Å²) < 4.78 is 0. The number of aryl methyl sites for hydroxylation is 2. The quantitative estimate of drug-likeness (QED) is 0.910. The van der Waals surface area contributed by atoms with Crippen LogP contribution in [0.1, 0.15) is 28.9 Å². The fraction of sp³-hybridized carbons (Fsp3) is 0.333. The Balaban J connectivity index is 1.60. The number of hydrogen-bond acceptors (Lipinski definition) is 4. The molecular weight excluding hydrogens is 268 g/mol. The van der Waals surface area contributed by atoms with Gasteiger partial charge in [0.05, 0.1) is 5.69 Å². The lowest BCUT2D eigenvalue weighted by molar-refractivity contribution is -0.131. The molecule has 6 nitrogen and oxygen atoms in total. The third-order valence-electron chi connectivity index (χ3n) is 3.63. The average molecular weight is 284 g/mol. The number of pyridine rings is 1. The highest BCUT2D eigenvalue weighted by Crippen LogP contribution is 2.23. The highest BCUT2D eigenvalue weighted by atomic mass is 16.2. The molecule has 0 bridgehead atoms. The van der Waals surface area contributed by atoms with Gasteiger partial charge in [0.25, 0.3) is 5.56 Å². The third kappa shape index (κ3) is 2.99. The van der Waals surface area contributed by atoms with Crippen LogP contribution in [0.15, 0.2) is 29.2 Å². The Kier molecular flexibility index (Phi) is 3.51. The molecule has 0 unspecified atom stereocenters. The van der Waals surface area contributed by atoms with Crippen LogP contribution in [-0.4, -0.2) is 26.0 Å². The molecule has 0 aliphatic carbocycles. The maximum absolute atomic E-state index is 12.2. The summed E-state index contributed by atoms with van der Waals surface area (Å²) in [6, 6.07) is 5.11. The molecule has 3 heterocycles. The first-order valence-corrected chi connectivity index (χ1v) is 6.88. The van der Waals surface area contributed by atoms with Crippen molar-refractivity contribution in [2.75, 3.05) is 0 Å². The van der Waals surface area contributed by atoms with E-state index in [4.69, 9.17) is 0 Å². The molecule has 2 aromatic heterocycles. The number of rotatable bonds is 3. The Labute approximate surface area is 121 Å². The van der Waals surface area contributed by atoms with E-state index >= 15 is 0 Å². The Morgan fingerprint density at radius 2 is 2.14 bits per heavy atom. The topological polar surface area (TPSA) is 79.0 Å². The van der Waals surface area contributed by atoms with E-state index < -0.39 is 0 Å². The normalized spacial score (nSPS) is 13.3. The molecule has 0 saturated heterocycles. The van der Waals surface area contributed by atoms with Crippen molar-refractivity contribution in [1.82, 2.24) is 20.1 Å². The van der Waals surface area contributed by atoms with Gasteiger partial charge in [-0.15, -0.1) is 0 Å². The summed E-state index contributed by atoms with van der Waals surface area (Å²) in [6.07, 6.45) is 2.76. The molecule has 0 atom stereocenters. The highest BCUT2D eigenvalue weighted by molar-refractivity contribution is 5.77. The highest BCUT2D eigenvalue weighted by Gasteiger charge is 2.23. The Hall–Kier alpha value is -2.50. The molecule has 0 spiro atoms. The molecule has 0 fully saturated rings. The van der Waals surface area contributed by atoms with Crippen molar-refractivity contribution in [1.29, 1.82) is 0 Å². The second-order valence-corrected chi connectivity index (χ2v) is 5.26. The van der Waals surface area contributed by atoms with Gasteiger partial charge in [-0.25, -0.2) is 5.10 Å². The summed E-state index contributed by atoms with van der Waals surface area (Å²) in [7, 11) is 0. The minimum Gasteiger partial charge on any atom is -0.334 e. The number of amides is 1. The summed E-state index contributed by atoms with van der Waals surface area (Å²) >= 11 is 0. The van der Waals surface area contributed by atoms with Crippen LogP contribution in [-0.2, 0) is 24.3 Å². The van der Waals surface area contributed by atoms with Gasteiger partial charge in [-0.2, -0.15) is 5.10 Å². The molecule has 0 radical (unpaired) electrons. The molecule has 0 aromatic carbocycles. The zero-order valence-electron chi connectivity index (χ0n) is 11.8. The number of hydrogen-bond donors (Lipinski definition) is 1. The van der Waals surface area contributed by atoms with Crippen LogP contribution < -0.4 is 5.56 Å². The molecular formula is C15H16N4O2. The first-order chi connectivity index (χ1) is 10.1. The molecule has 1 N–H and O–H groups in total. The second kappa shape index (κ2) is 5.47. The van der Waals surface area contributed by atoms with Gasteiger partial charge in [-0.05, 0) is 30.2 Å². The van der Waals surface area contributed by atoms with E-state index in [-0.39, 0.29) is 11.5 Å². The molecule has 21 heavy (non-hydrogen) atoms. The molecule has 2 aromatic rings.